The highest BCUT2D eigenvalue weighted by molar-refractivity contribution is 5.83. The molecule has 0 amide bonds. The van der Waals surface area contributed by atoms with Crippen molar-refractivity contribution in [2.45, 2.75) is 26.2 Å². The summed E-state index contributed by atoms with van der Waals surface area (Å²) in [4.78, 5) is 11.6. The molecule has 0 spiro atoms. The van der Waals surface area contributed by atoms with E-state index in [9.17, 15) is 4.79 Å². The number of carbonyl (C=O) groups is 1. The first-order valence-corrected chi connectivity index (χ1v) is 5.32. The van der Waals surface area contributed by atoms with Crippen molar-refractivity contribution in [2.24, 2.45) is 11.8 Å². The summed E-state index contributed by atoms with van der Waals surface area (Å²) < 4.78 is 0. The van der Waals surface area contributed by atoms with Crippen LogP contribution in [0.25, 0.3) is 0 Å². The highest BCUT2D eigenvalue weighted by Gasteiger charge is 2.29. The van der Waals surface area contributed by atoms with Crippen LogP contribution < -0.4 is 0 Å². The molecule has 1 aliphatic carbocycles. The third-order valence-electron chi connectivity index (χ3n) is 3.02. The van der Waals surface area contributed by atoms with E-state index in [1.165, 1.54) is 5.56 Å². The molecular weight excluding hydrogens is 172 g/mol. The Morgan fingerprint density at radius 1 is 1.29 bits per heavy atom. The van der Waals surface area contributed by atoms with E-state index in [1.54, 1.807) is 0 Å². The summed E-state index contributed by atoms with van der Waals surface area (Å²) in [7, 11) is 0. The van der Waals surface area contributed by atoms with Gasteiger partial charge in [0.05, 0.1) is 0 Å². The lowest BCUT2D eigenvalue weighted by atomic mass is 9.96. The maximum absolute atomic E-state index is 11.6. The Morgan fingerprint density at radius 3 is 2.57 bits per heavy atom. The zero-order valence-electron chi connectivity index (χ0n) is 8.57. The molecule has 0 aliphatic heterocycles. The van der Waals surface area contributed by atoms with Gasteiger partial charge in [0.1, 0.15) is 5.78 Å². The van der Waals surface area contributed by atoms with Crippen LogP contribution in [0, 0.1) is 11.8 Å². The molecule has 1 aliphatic rings. The number of rotatable bonds is 2. The summed E-state index contributed by atoms with van der Waals surface area (Å²) >= 11 is 0. The van der Waals surface area contributed by atoms with Gasteiger partial charge in [-0.15, -0.1) is 0 Å². The Bertz CT molecular complexity index is 315. The highest BCUT2D eigenvalue weighted by atomic mass is 16.1. The van der Waals surface area contributed by atoms with Gasteiger partial charge < -0.3 is 0 Å². The Kier molecular flexibility index (Phi) is 2.67. The van der Waals surface area contributed by atoms with E-state index < -0.39 is 0 Å². The van der Waals surface area contributed by atoms with Gasteiger partial charge >= 0.3 is 0 Å². The monoisotopic (exact) mass is 188 g/mol. The predicted molar refractivity (Wildman–Crippen MR) is 57.0 cm³/mol. The zero-order chi connectivity index (χ0) is 9.97. The molecule has 74 valence electrons. The molecule has 1 heteroatoms. The zero-order valence-corrected chi connectivity index (χ0v) is 8.57. The number of benzene rings is 1. The van der Waals surface area contributed by atoms with Gasteiger partial charge in [-0.1, -0.05) is 37.3 Å². The highest BCUT2D eigenvalue weighted by Crippen LogP contribution is 2.29. The maximum Gasteiger partial charge on any atom is 0.136 e. The van der Waals surface area contributed by atoms with Crippen LogP contribution in [0.1, 0.15) is 25.3 Å². The second-order valence-electron chi connectivity index (χ2n) is 4.40. The molecule has 0 aromatic heterocycles. The summed E-state index contributed by atoms with van der Waals surface area (Å²) in [5.41, 5.74) is 1.29. The predicted octanol–water partition coefficient (Wildman–Crippen LogP) is 2.84. The SMILES string of the molecule is C[C@H]1CC(=O)[C@@H](Cc2ccccc2)C1. The Morgan fingerprint density at radius 2 is 2.00 bits per heavy atom. The summed E-state index contributed by atoms with van der Waals surface area (Å²) in [6.07, 6.45) is 2.80. The van der Waals surface area contributed by atoms with E-state index >= 15 is 0 Å². The first-order chi connectivity index (χ1) is 6.75. The van der Waals surface area contributed by atoms with Crippen molar-refractivity contribution < 1.29 is 4.79 Å². The third-order valence-corrected chi connectivity index (χ3v) is 3.02. The summed E-state index contributed by atoms with van der Waals surface area (Å²) in [5, 5.41) is 0. The molecule has 0 bridgehead atoms. The maximum atomic E-state index is 11.6. The normalized spacial score (nSPS) is 26.8. The Balaban J connectivity index is 2.02. The van der Waals surface area contributed by atoms with E-state index in [2.05, 4.69) is 19.1 Å². The Hall–Kier alpha value is -1.11. The molecule has 1 aromatic rings. The van der Waals surface area contributed by atoms with Crippen LogP contribution in [-0.4, -0.2) is 5.78 Å². The molecule has 1 aromatic carbocycles. The van der Waals surface area contributed by atoms with Crippen LogP contribution in [0.15, 0.2) is 30.3 Å². The van der Waals surface area contributed by atoms with Gasteiger partial charge in [-0.2, -0.15) is 0 Å². The molecular formula is C13H16O. The van der Waals surface area contributed by atoms with Gasteiger partial charge in [-0.05, 0) is 24.3 Å². The fourth-order valence-corrected chi connectivity index (χ4v) is 2.31. The first-order valence-electron chi connectivity index (χ1n) is 5.32. The van der Waals surface area contributed by atoms with Gasteiger partial charge in [0.2, 0.25) is 0 Å². The third kappa shape index (κ3) is 2.03. The number of Topliss-reactive ketones (excluding diaryl/α,β-unsaturated/α-hetero) is 1. The lowest BCUT2D eigenvalue weighted by molar-refractivity contribution is -0.120. The van der Waals surface area contributed by atoms with Gasteiger partial charge in [0, 0.05) is 12.3 Å². The molecule has 0 heterocycles. The lowest BCUT2D eigenvalue weighted by Gasteiger charge is -2.07. The molecule has 1 fully saturated rings. The molecule has 0 N–H and O–H groups in total. The van der Waals surface area contributed by atoms with E-state index in [0.29, 0.717) is 11.7 Å². The molecule has 2 atom stereocenters. The molecule has 0 saturated heterocycles. The molecule has 14 heavy (non-hydrogen) atoms. The van der Waals surface area contributed by atoms with E-state index in [-0.39, 0.29) is 5.92 Å². The van der Waals surface area contributed by atoms with Crippen LogP contribution in [0.2, 0.25) is 0 Å². The van der Waals surface area contributed by atoms with Crippen molar-refractivity contribution in [3.05, 3.63) is 35.9 Å². The van der Waals surface area contributed by atoms with Crippen molar-refractivity contribution in [3.63, 3.8) is 0 Å². The van der Waals surface area contributed by atoms with Crippen LogP contribution in [0.5, 0.6) is 0 Å². The van der Waals surface area contributed by atoms with Crippen molar-refractivity contribution >= 4 is 5.78 Å². The first kappa shape index (κ1) is 9.45. The average Bonchev–Trinajstić information content (AvgIpc) is 2.47. The second-order valence-corrected chi connectivity index (χ2v) is 4.40. The van der Waals surface area contributed by atoms with Crippen LogP contribution >= 0.6 is 0 Å². The number of ketones is 1. The minimum atomic E-state index is 0.285. The molecule has 2 rings (SSSR count). The van der Waals surface area contributed by atoms with Crippen LogP contribution in [-0.2, 0) is 11.2 Å². The van der Waals surface area contributed by atoms with Crippen molar-refractivity contribution in [1.82, 2.24) is 0 Å². The fourth-order valence-electron chi connectivity index (χ4n) is 2.31. The van der Waals surface area contributed by atoms with Gasteiger partial charge in [0.15, 0.2) is 0 Å². The quantitative estimate of drug-likeness (QED) is 0.697. The van der Waals surface area contributed by atoms with Gasteiger partial charge in [-0.3, -0.25) is 4.79 Å². The van der Waals surface area contributed by atoms with E-state index in [4.69, 9.17) is 0 Å². The molecule has 0 radical (unpaired) electrons. The second kappa shape index (κ2) is 3.95. The summed E-state index contributed by atoms with van der Waals surface area (Å²) in [6.45, 7) is 2.17. The lowest BCUT2D eigenvalue weighted by Crippen LogP contribution is -2.09. The van der Waals surface area contributed by atoms with Crippen molar-refractivity contribution in [1.29, 1.82) is 0 Å². The topological polar surface area (TPSA) is 17.1 Å². The average molecular weight is 188 g/mol. The minimum Gasteiger partial charge on any atom is -0.299 e. The van der Waals surface area contributed by atoms with Gasteiger partial charge in [-0.25, -0.2) is 0 Å². The fraction of sp³-hybridized carbons (Fsp3) is 0.462. The van der Waals surface area contributed by atoms with Crippen LogP contribution in [0.4, 0.5) is 0 Å². The summed E-state index contributed by atoms with van der Waals surface area (Å²) in [6, 6.07) is 10.3. The van der Waals surface area contributed by atoms with Crippen molar-refractivity contribution in [2.75, 3.05) is 0 Å². The summed E-state index contributed by atoms with van der Waals surface area (Å²) in [5.74, 6) is 1.34. The standard InChI is InChI=1S/C13H16O/c1-10-7-12(13(14)8-10)9-11-5-3-2-4-6-11/h2-6,10,12H,7-9H2,1H3/t10-,12-/m1/s1. The van der Waals surface area contributed by atoms with Crippen LogP contribution in [0.3, 0.4) is 0 Å². The Labute approximate surface area is 85.1 Å². The van der Waals surface area contributed by atoms with Crippen molar-refractivity contribution in [3.8, 4) is 0 Å². The number of hydrogen-bond acceptors (Lipinski definition) is 1. The molecule has 0 unspecified atom stereocenters. The van der Waals surface area contributed by atoms with E-state index in [0.717, 1.165) is 19.3 Å². The largest absolute Gasteiger partial charge is 0.299 e. The van der Waals surface area contributed by atoms with E-state index in [1.807, 2.05) is 18.2 Å². The molecule has 1 nitrogen and oxygen atoms in total. The number of hydrogen-bond donors (Lipinski definition) is 0. The van der Waals surface area contributed by atoms with Gasteiger partial charge in [0.25, 0.3) is 0 Å². The molecule has 1 saturated carbocycles. The number of carbonyl (C=O) groups excluding carboxylic acids is 1. The smallest absolute Gasteiger partial charge is 0.136 e. The minimum absolute atomic E-state index is 0.285.